The zero-order valence-electron chi connectivity index (χ0n) is 11.9. The highest BCUT2D eigenvalue weighted by Crippen LogP contribution is 2.17. The van der Waals surface area contributed by atoms with Crippen LogP contribution in [0.3, 0.4) is 0 Å². The molecule has 1 saturated heterocycles. The van der Waals surface area contributed by atoms with Crippen LogP contribution in [-0.4, -0.2) is 63.3 Å². The van der Waals surface area contributed by atoms with Gasteiger partial charge in [0.1, 0.15) is 5.52 Å². The quantitative estimate of drug-likeness (QED) is 0.878. The zero-order valence-corrected chi connectivity index (χ0v) is 11.9. The van der Waals surface area contributed by atoms with E-state index in [9.17, 15) is 9.90 Å². The van der Waals surface area contributed by atoms with Crippen LogP contribution in [0.1, 0.15) is 17.3 Å². The highest BCUT2D eigenvalue weighted by Gasteiger charge is 2.27. The largest absolute Gasteiger partial charge is 0.394 e. The third-order valence-corrected chi connectivity index (χ3v) is 3.76. The van der Waals surface area contributed by atoms with Gasteiger partial charge < -0.3 is 14.7 Å². The SMILES string of the molecule is CCn1nnc2cc(C(=O)N3CCOCC3CO)ccc21. The molecule has 0 aliphatic carbocycles. The summed E-state index contributed by atoms with van der Waals surface area (Å²) in [6.45, 7) is 3.99. The number of aliphatic hydroxyl groups is 1. The van der Waals surface area contributed by atoms with Gasteiger partial charge in [0.2, 0.25) is 0 Å². The van der Waals surface area contributed by atoms with Crippen LogP contribution in [0.4, 0.5) is 0 Å². The van der Waals surface area contributed by atoms with E-state index < -0.39 is 0 Å². The molecule has 1 aromatic carbocycles. The fraction of sp³-hybridized carbons (Fsp3) is 0.500. The van der Waals surface area contributed by atoms with Gasteiger partial charge in [-0.15, -0.1) is 5.10 Å². The molecule has 7 nitrogen and oxygen atoms in total. The molecule has 1 aliphatic heterocycles. The Bertz CT molecular complexity index is 655. The molecule has 1 N–H and O–H groups in total. The normalized spacial score (nSPS) is 19.1. The van der Waals surface area contributed by atoms with Gasteiger partial charge in [0, 0.05) is 18.7 Å². The van der Waals surface area contributed by atoms with Gasteiger partial charge in [0.15, 0.2) is 0 Å². The first-order valence-electron chi connectivity index (χ1n) is 7.07. The minimum atomic E-state index is -0.284. The minimum absolute atomic E-state index is 0.0972. The number of morpholine rings is 1. The van der Waals surface area contributed by atoms with E-state index in [4.69, 9.17) is 4.74 Å². The van der Waals surface area contributed by atoms with Crippen molar-refractivity contribution in [1.29, 1.82) is 0 Å². The Balaban J connectivity index is 1.90. The van der Waals surface area contributed by atoms with Crippen molar-refractivity contribution in [2.45, 2.75) is 19.5 Å². The number of aryl methyl sites for hydroxylation is 1. The van der Waals surface area contributed by atoms with Crippen LogP contribution in [0, 0.1) is 0 Å². The van der Waals surface area contributed by atoms with E-state index in [1.165, 1.54) is 0 Å². The molecule has 1 fully saturated rings. The molecule has 0 radical (unpaired) electrons. The molecule has 1 unspecified atom stereocenters. The van der Waals surface area contributed by atoms with Gasteiger partial charge >= 0.3 is 0 Å². The van der Waals surface area contributed by atoms with Crippen LogP contribution in [0.2, 0.25) is 0 Å². The Morgan fingerprint density at radius 3 is 3.14 bits per heavy atom. The molecule has 0 saturated carbocycles. The Kier molecular flexibility index (Phi) is 3.85. The number of aromatic nitrogens is 3. The summed E-state index contributed by atoms with van der Waals surface area (Å²) in [5.74, 6) is -0.106. The molecule has 1 atom stereocenters. The summed E-state index contributed by atoms with van der Waals surface area (Å²) in [4.78, 5) is 14.3. The third kappa shape index (κ3) is 2.50. The van der Waals surface area contributed by atoms with Crippen molar-refractivity contribution in [3.63, 3.8) is 0 Å². The number of fused-ring (bicyclic) bond motifs is 1. The molecule has 0 bridgehead atoms. The van der Waals surface area contributed by atoms with Crippen molar-refractivity contribution in [3.05, 3.63) is 23.8 Å². The lowest BCUT2D eigenvalue weighted by molar-refractivity contribution is -0.0183. The average Bonchev–Trinajstić information content (AvgIpc) is 2.96. The predicted octanol–water partition coefficient (Wildman–Crippen LogP) is 0.284. The molecule has 3 rings (SSSR count). The molecule has 7 heteroatoms. The number of nitrogens with zero attached hydrogens (tertiary/aromatic N) is 4. The number of ether oxygens (including phenoxy) is 1. The first-order chi connectivity index (χ1) is 10.2. The number of carbonyl (C=O) groups is 1. The fourth-order valence-corrected chi connectivity index (χ4v) is 2.58. The van der Waals surface area contributed by atoms with E-state index in [1.54, 1.807) is 21.7 Å². The summed E-state index contributed by atoms with van der Waals surface area (Å²) in [5, 5.41) is 17.5. The van der Waals surface area contributed by atoms with Gasteiger partial charge in [0.25, 0.3) is 5.91 Å². The van der Waals surface area contributed by atoms with Crippen molar-refractivity contribution >= 4 is 16.9 Å². The molecule has 0 spiro atoms. The number of aliphatic hydroxyl groups excluding tert-OH is 1. The average molecular weight is 290 g/mol. The molecule has 21 heavy (non-hydrogen) atoms. The van der Waals surface area contributed by atoms with E-state index in [2.05, 4.69) is 10.3 Å². The maximum atomic E-state index is 12.6. The maximum absolute atomic E-state index is 12.6. The van der Waals surface area contributed by atoms with Crippen molar-refractivity contribution in [3.8, 4) is 0 Å². The Labute approximate surface area is 122 Å². The van der Waals surface area contributed by atoms with Crippen LogP contribution < -0.4 is 0 Å². The molecule has 1 aliphatic rings. The van der Waals surface area contributed by atoms with Gasteiger partial charge in [0.05, 0.1) is 31.4 Å². The highest BCUT2D eigenvalue weighted by atomic mass is 16.5. The van der Waals surface area contributed by atoms with Gasteiger partial charge in [-0.3, -0.25) is 4.79 Å². The maximum Gasteiger partial charge on any atom is 0.254 e. The Hall–Kier alpha value is -1.99. The topological polar surface area (TPSA) is 80.5 Å². The number of hydrogen-bond acceptors (Lipinski definition) is 5. The molecule has 2 heterocycles. The first-order valence-corrected chi connectivity index (χ1v) is 7.07. The second-order valence-corrected chi connectivity index (χ2v) is 5.02. The van der Waals surface area contributed by atoms with Crippen LogP contribution in [0.5, 0.6) is 0 Å². The van der Waals surface area contributed by atoms with E-state index in [1.807, 2.05) is 13.0 Å². The third-order valence-electron chi connectivity index (χ3n) is 3.76. The van der Waals surface area contributed by atoms with Gasteiger partial charge in [-0.2, -0.15) is 0 Å². The number of rotatable bonds is 3. The van der Waals surface area contributed by atoms with Crippen LogP contribution in [-0.2, 0) is 11.3 Å². The summed E-state index contributed by atoms with van der Waals surface area (Å²) in [7, 11) is 0. The second-order valence-electron chi connectivity index (χ2n) is 5.02. The lowest BCUT2D eigenvalue weighted by Crippen LogP contribution is -2.50. The summed E-state index contributed by atoms with van der Waals surface area (Å²) < 4.78 is 7.08. The smallest absolute Gasteiger partial charge is 0.254 e. The Morgan fingerprint density at radius 1 is 1.52 bits per heavy atom. The summed E-state index contributed by atoms with van der Waals surface area (Å²) >= 11 is 0. The number of hydrogen-bond donors (Lipinski definition) is 1. The van der Waals surface area contributed by atoms with Crippen LogP contribution in [0.25, 0.3) is 11.0 Å². The predicted molar refractivity (Wildman–Crippen MR) is 75.9 cm³/mol. The van der Waals surface area contributed by atoms with Crippen molar-refractivity contribution < 1.29 is 14.6 Å². The lowest BCUT2D eigenvalue weighted by atomic mass is 10.1. The van der Waals surface area contributed by atoms with Gasteiger partial charge in [-0.25, -0.2) is 4.68 Å². The van der Waals surface area contributed by atoms with Gasteiger partial charge in [-0.05, 0) is 25.1 Å². The molecule has 1 amide bonds. The molecular formula is C14H18N4O3. The fourth-order valence-electron chi connectivity index (χ4n) is 2.58. The highest BCUT2D eigenvalue weighted by molar-refractivity contribution is 5.97. The second kappa shape index (κ2) is 5.79. The summed E-state index contributed by atoms with van der Waals surface area (Å²) in [6.07, 6.45) is 0. The molecular weight excluding hydrogens is 272 g/mol. The van der Waals surface area contributed by atoms with Crippen LogP contribution >= 0.6 is 0 Å². The molecule has 112 valence electrons. The number of carbonyl (C=O) groups excluding carboxylic acids is 1. The minimum Gasteiger partial charge on any atom is -0.394 e. The van der Waals surface area contributed by atoms with Crippen LogP contribution in [0.15, 0.2) is 18.2 Å². The standard InChI is InChI=1S/C14H18N4O3/c1-2-18-13-4-3-10(7-12(13)15-16-18)14(20)17-5-6-21-9-11(17)8-19/h3-4,7,11,19H,2,5-6,8-9H2,1H3. The van der Waals surface area contributed by atoms with E-state index in [0.717, 1.165) is 12.1 Å². The molecule has 1 aromatic heterocycles. The van der Waals surface area contributed by atoms with Crippen molar-refractivity contribution in [1.82, 2.24) is 19.9 Å². The monoisotopic (exact) mass is 290 g/mol. The van der Waals surface area contributed by atoms with Gasteiger partial charge in [-0.1, -0.05) is 5.21 Å². The summed E-state index contributed by atoms with van der Waals surface area (Å²) in [5.41, 5.74) is 2.18. The van der Waals surface area contributed by atoms with Crippen molar-refractivity contribution in [2.24, 2.45) is 0 Å². The zero-order chi connectivity index (χ0) is 14.8. The van der Waals surface area contributed by atoms with Crippen molar-refractivity contribution in [2.75, 3.05) is 26.4 Å². The number of benzene rings is 1. The Morgan fingerprint density at radius 2 is 2.38 bits per heavy atom. The first kappa shape index (κ1) is 14.0. The lowest BCUT2D eigenvalue weighted by Gasteiger charge is -2.34. The van der Waals surface area contributed by atoms with E-state index in [0.29, 0.717) is 30.8 Å². The number of amides is 1. The summed E-state index contributed by atoms with van der Waals surface area (Å²) in [6, 6.07) is 5.11. The van der Waals surface area contributed by atoms with E-state index in [-0.39, 0.29) is 18.6 Å². The molecule has 2 aromatic rings. The van der Waals surface area contributed by atoms with E-state index >= 15 is 0 Å².